The van der Waals surface area contributed by atoms with Crippen LogP contribution in [0.5, 0.6) is 5.75 Å². The Morgan fingerprint density at radius 3 is 2.60 bits per heavy atom. The van der Waals surface area contributed by atoms with Crippen LogP contribution >= 0.6 is 28.1 Å². The molecule has 1 aliphatic rings. The number of ether oxygens (including phenoxy) is 1. The monoisotopic (exact) mass is 357 g/mol. The van der Waals surface area contributed by atoms with Crippen molar-refractivity contribution >= 4 is 33.1 Å². The van der Waals surface area contributed by atoms with Crippen molar-refractivity contribution in [2.24, 2.45) is 5.73 Å². The third kappa shape index (κ3) is 5.36. The SMILES string of the molecule is NC(=S)CN1CCN(CCOc2cccc(Br)c2)CC1. The van der Waals surface area contributed by atoms with Crippen molar-refractivity contribution < 1.29 is 4.74 Å². The Labute approximate surface area is 134 Å². The zero-order chi connectivity index (χ0) is 14.4. The molecule has 0 atom stereocenters. The van der Waals surface area contributed by atoms with E-state index < -0.39 is 0 Å². The van der Waals surface area contributed by atoms with Gasteiger partial charge in [-0.1, -0.05) is 34.2 Å². The summed E-state index contributed by atoms with van der Waals surface area (Å²) in [5, 5.41) is 0. The topological polar surface area (TPSA) is 41.7 Å². The molecule has 2 N–H and O–H groups in total. The van der Waals surface area contributed by atoms with Crippen LogP contribution in [-0.4, -0.2) is 60.7 Å². The third-order valence-electron chi connectivity index (χ3n) is 3.32. The first kappa shape index (κ1) is 15.7. The van der Waals surface area contributed by atoms with Gasteiger partial charge in [-0.25, -0.2) is 0 Å². The summed E-state index contributed by atoms with van der Waals surface area (Å²) in [7, 11) is 0. The highest BCUT2D eigenvalue weighted by atomic mass is 79.9. The smallest absolute Gasteiger partial charge is 0.120 e. The minimum Gasteiger partial charge on any atom is -0.492 e. The molecule has 0 radical (unpaired) electrons. The zero-order valence-electron chi connectivity index (χ0n) is 11.4. The van der Waals surface area contributed by atoms with Crippen LogP contribution in [0.25, 0.3) is 0 Å². The standard InChI is InChI=1S/C14H20BrN3OS/c15-12-2-1-3-13(10-12)19-9-8-17-4-6-18(7-5-17)11-14(16)20/h1-3,10H,4-9,11H2,(H2,16,20). The van der Waals surface area contributed by atoms with E-state index in [2.05, 4.69) is 25.7 Å². The highest BCUT2D eigenvalue weighted by molar-refractivity contribution is 9.10. The molecule has 0 amide bonds. The van der Waals surface area contributed by atoms with Crippen LogP contribution in [0.1, 0.15) is 0 Å². The second-order valence-corrected chi connectivity index (χ2v) is 6.33. The number of halogens is 1. The number of hydrogen-bond donors (Lipinski definition) is 1. The summed E-state index contributed by atoms with van der Waals surface area (Å²) in [5.74, 6) is 0.909. The van der Waals surface area contributed by atoms with Gasteiger partial charge in [-0.15, -0.1) is 0 Å². The third-order valence-corrected chi connectivity index (χ3v) is 3.94. The predicted octanol–water partition coefficient (Wildman–Crippen LogP) is 1.73. The summed E-state index contributed by atoms with van der Waals surface area (Å²) in [4.78, 5) is 5.29. The zero-order valence-corrected chi connectivity index (χ0v) is 13.8. The van der Waals surface area contributed by atoms with Gasteiger partial charge in [0.05, 0.1) is 4.99 Å². The van der Waals surface area contributed by atoms with E-state index in [1.165, 1.54) is 0 Å². The molecule has 0 aliphatic carbocycles. The Hall–Kier alpha value is -0.690. The largest absolute Gasteiger partial charge is 0.492 e. The van der Waals surface area contributed by atoms with Gasteiger partial charge >= 0.3 is 0 Å². The highest BCUT2D eigenvalue weighted by Crippen LogP contribution is 2.17. The van der Waals surface area contributed by atoms with Gasteiger partial charge in [0.2, 0.25) is 0 Å². The van der Waals surface area contributed by atoms with Crippen molar-refractivity contribution in [3.8, 4) is 5.75 Å². The van der Waals surface area contributed by atoms with E-state index in [0.29, 0.717) is 11.6 Å². The maximum absolute atomic E-state index is 5.75. The lowest BCUT2D eigenvalue weighted by Crippen LogP contribution is -2.49. The molecule has 0 bridgehead atoms. The summed E-state index contributed by atoms with van der Waals surface area (Å²) < 4.78 is 6.80. The molecule has 0 saturated carbocycles. The maximum atomic E-state index is 5.75. The number of nitrogens with two attached hydrogens (primary N) is 1. The van der Waals surface area contributed by atoms with Crippen molar-refractivity contribution in [3.63, 3.8) is 0 Å². The van der Waals surface area contributed by atoms with E-state index in [0.717, 1.165) is 49.5 Å². The Balaban J connectivity index is 1.65. The van der Waals surface area contributed by atoms with Gasteiger partial charge in [-0.05, 0) is 18.2 Å². The Morgan fingerprint density at radius 1 is 1.25 bits per heavy atom. The van der Waals surface area contributed by atoms with Crippen molar-refractivity contribution in [3.05, 3.63) is 28.7 Å². The van der Waals surface area contributed by atoms with Crippen molar-refractivity contribution in [2.45, 2.75) is 0 Å². The summed E-state index contributed by atoms with van der Waals surface area (Å²) in [5.41, 5.74) is 5.57. The first-order valence-electron chi connectivity index (χ1n) is 6.75. The lowest BCUT2D eigenvalue weighted by molar-refractivity contribution is 0.127. The highest BCUT2D eigenvalue weighted by Gasteiger charge is 2.16. The van der Waals surface area contributed by atoms with Crippen LogP contribution in [0.2, 0.25) is 0 Å². The molecular formula is C14H20BrN3OS. The van der Waals surface area contributed by atoms with Gasteiger partial charge < -0.3 is 10.5 Å². The minimum atomic E-state index is 0.580. The summed E-state index contributed by atoms with van der Waals surface area (Å²) in [6.07, 6.45) is 0. The summed E-state index contributed by atoms with van der Waals surface area (Å²) in [6, 6.07) is 7.94. The normalized spacial score (nSPS) is 17.1. The van der Waals surface area contributed by atoms with Gasteiger partial charge in [-0.3, -0.25) is 9.80 Å². The maximum Gasteiger partial charge on any atom is 0.120 e. The molecule has 0 aromatic heterocycles. The molecule has 1 aliphatic heterocycles. The van der Waals surface area contributed by atoms with Gasteiger partial charge in [0.15, 0.2) is 0 Å². The average molecular weight is 358 g/mol. The molecule has 110 valence electrons. The number of thiocarbonyl (C=S) groups is 1. The van der Waals surface area contributed by atoms with Gasteiger partial charge in [0.25, 0.3) is 0 Å². The number of piperazine rings is 1. The average Bonchev–Trinajstić information content (AvgIpc) is 2.40. The Kier molecular flexibility index (Phi) is 6.22. The number of rotatable bonds is 6. The second kappa shape index (κ2) is 7.93. The van der Waals surface area contributed by atoms with Crippen molar-refractivity contribution in [1.82, 2.24) is 9.80 Å². The molecule has 20 heavy (non-hydrogen) atoms. The molecule has 1 aromatic rings. The van der Waals surface area contributed by atoms with E-state index in [-0.39, 0.29) is 0 Å². The van der Waals surface area contributed by atoms with Crippen LogP contribution in [0.3, 0.4) is 0 Å². The summed E-state index contributed by atoms with van der Waals surface area (Å²) >= 11 is 8.38. The fourth-order valence-electron chi connectivity index (χ4n) is 2.24. The second-order valence-electron chi connectivity index (χ2n) is 4.89. The molecule has 1 saturated heterocycles. The molecule has 0 spiro atoms. The Morgan fingerprint density at radius 2 is 1.95 bits per heavy atom. The fraction of sp³-hybridized carbons (Fsp3) is 0.500. The van der Waals surface area contributed by atoms with Gasteiger partial charge in [-0.2, -0.15) is 0 Å². The predicted molar refractivity (Wildman–Crippen MR) is 89.3 cm³/mol. The van der Waals surface area contributed by atoms with Gasteiger partial charge in [0.1, 0.15) is 12.4 Å². The lowest BCUT2D eigenvalue weighted by atomic mass is 10.3. The number of hydrogen-bond acceptors (Lipinski definition) is 4. The van der Waals surface area contributed by atoms with Crippen molar-refractivity contribution in [1.29, 1.82) is 0 Å². The fourth-order valence-corrected chi connectivity index (χ4v) is 2.80. The van der Waals surface area contributed by atoms with Crippen molar-refractivity contribution in [2.75, 3.05) is 45.9 Å². The first-order chi connectivity index (χ1) is 9.63. The lowest BCUT2D eigenvalue weighted by Gasteiger charge is -2.34. The molecule has 1 heterocycles. The molecule has 2 rings (SSSR count). The molecule has 6 heteroatoms. The molecule has 1 fully saturated rings. The summed E-state index contributed by atoms with van der Waals surface area (Å²) in [6.45, 7) is 6.54. The van der Waals surface area contributed by atoms with E-state index in [4.69, 9.17) is 22.7 Å². The molecule has 0 unspecified atom stereocenters. The van der Waals surface area contributed by atoms with E-state index in [9.17, 15) is 0 Å². The minimum absolute atomic E-state index is 0.580. The van der Waals surface area contributed by atoms with Crippen LogP contribution in [0.15, 0.2) is 28.7 Å². The van der Waals surface area contributed by atoms with E-state index >= 15 is 0 Å². The number of benzene rings is 1. The Bertz CT molecular complexity index is 450. The van der Waals surface area contributed by atoms with Crippen LogP contribution in [-0.2, 0) is 0 Å². The number of nitrogens with zero attached hydrogens (tertiary/aromatic N) is 2. The first-order valence-corrected chi connectivity index (χ1v) is 7.95. The van der Waals surface area contributed by atoms with E-state index in [1.807, 2.05) is 24.3 Å². The van der Waals surface area contributed by atoms with Crippen LogP contribution in [0.4, 0.5) is 0 Å². The molecule has 4 nitrogen and oxygen atoms in total. The molecule has 1 aromatic carbocycles. The molecular weight excluding hydrogens is 338 g/mol. The van der Waals surface area contributed by atoms with E-state index in [1.54, 1.807) is 0 Å². The van der Waals surface area contributed by atoms with Crippen LogP contribution < -0.4 is 10.5 Å². The quantitative estimate of drug-likeness (QED) is 0.785. The van der Waals surface area contributed by atoms with Crippen LogP contribution in [0, 0.1) is 0 Å². The van der Waals surface area contributed by atoms with Gasteiger partial charge in [0, 0.05) is 43.7 Å².